The van der Waals surface area contributed by atoms with Gasteiger partial charge in [0.1, 0.15) is 5.82 Å². The lowest BCUT2D eigenvalue weighted by molar-refractivity contribution is 0.1000. The van der Waals surface area contributed by atoms with Crippen molar-refractivity contribution in [2.24, 2.45) is 5.73 Å². The SMILES string of the molecule is CC(CNc1ncc(C(N)=O)cc1Cl)N(C)C1CC1. The number of rotatable bonds is 6. The number of aromatic nitrogens is 1. The van der Waals surface area contributed by atoms with E-state index < -0.39 is 5.91 Å². The van der Waals surface area contributed by atoms with Gasteiger partial charge in [-0.2, -0.15) is 0 Å². The maximum atomic E-state index is 11.0. The Morgan fingerprint density at radius 1 is 1.68 bits per heavy atom. The molecule has 1 atom stereocenters. The maximum absolute atomic E-state index is 11.0. The smallest absolute Gasteiger partial charge is 0.250 e. The molecule has 5 nitrogen and oxygen atoms in total. The Bertz CT molecular complexity index is 476. The van der Waals surface area contributed by atoms with Gasteiger partial charge in [0.05, 0.1) is 10.6 Å². The second-order valence-electron chi connectivity index (χ2n) is 5.05. The highest BCUT2D eigenvalue weighted by molar-refractivity contribution is 6.33. The van der Waals surface area contributed by atoms with E-state index in [4.69, 9.17) is 17.3 Å². The van der Waals surface area contributed by atoms with Crippen LogP contribution in [0, 0.1) is 0 Å². The number of nitrogens with one attached hydrogen (secondary N) is 1. The summed E-state index contributed by atoms with van der Waals surface area (Å²) in [7, 11) is 2.13. The van der Waals surface area contributed by atoms with Gasteiger partial charge >= 0.3 is 0 Å². The summed E-state index contributed by atoms with van der Waals surface area (Å²) in [6, 6.07) is 2.66. The summed E-state index contributed by atoms with van der Waals surface area (Å²) < 4.78 is 0. The van der Waals surface area contributed by atoms with Crippen LogP contribution in [0.5, 0.6) is 0 Å². The summed E-state index contributed by atoms with van der Waals surface area (Å²) in [5.74, 6) is 0.0606. The molecule has 1 aliphatic rings. The van der Waals surface area contributed by atoms with Crippen molar-refractivity contribution in [1.29, 1.82) is 0 Å². The van der Waals surface area contributed by atoms with Crippen molar-refractivity contribution in [3.8, 4) is 0 Å². The van der Waals surface area contributed by atoms with E-state index in [1.807, 2.05) is 0 Å². The second-order valence-corrected chi connectivity index (χ2v) is 5.45. The number of hydrogen-bond acceptors (Lipinski definition) is 4. The number of nitrogens with two attached hydrogens (primary N) is 1. The quantitative estimate of drug-likeness (QED) is 0.833. The molecule has 1 aromatic heterocycles. The van der Waals surface area contributed by atoms with E-state index in [-0.39, 0.29) is 0 Å². The summed E-state index contributed by atoms with van der Waals surface area (Å²) in [6.07, 6.45) is 4.01. The summed E-state index contributed by atoms with van der Waals surface area (Å²) in [5, 5.41) is 3.62. The zero-order chi connectivity index (χ0) is 14.0. The number of hydrogen-bond donors (Lipinski definition) is 2. The van der Waals surface area contributed by atoms with Gasteiger partial charge in [-0.25, -0.2) is 4.98 Å². The molecular formula is C13H19ClN4O. The number of primary amides is 1. The summed E-state index contributed by atoms with van der Waals surface area (Å²) in [6.45, 7) is 2.92. The van der Waals surface area contributed by atoms with E-state index in [1.54, 1.807) is 0 Å². The number of nitrogens with zero attached hydrogens (tertiary/aromatic N) is 2. The van der Waals surface area contributed by atoms with E-state index in [0.29, 0.717) is 22.4 Å². The average molecular weight is 283 g/mol. The lowest BCUT2D eigenvalue weighted by atomic mass is 10.2. The molecular weight excluding hydrogens is 264 g/mol. The molecule has 1 heterocycles. The molecule has 6 heteroatoms. The van der Waals surface area contributed by atoms with Crippen LogP contribution in [0.3, 0.4) is 0 Å². The molecule has 1 unspecified atom stereocenters. The molecule has 0 radical (unpaired) electrons. The number of amides is 1. The summed E-state index contributed by atoms with van der Waals surface area (Å²) in [5.41, 5.74) is 5.49. The molecule has 3 N–H and O–H groups in total. The predicted octanol–water partition coefficient (Wildman–Crippen LogP) is 1.73. The van der Waals surface area contributed by atoms with Gasteiger partial charge in [-0.1, -0.05) is 11.6 Å². The number of carbonyl (C=O) groups excluding carboxylic acids is 1. The highest BCUT2D eigenvalue weighted by atomic mass is 35.5. The molecule has 0 bridgehead atoms. The van der Waals surface area contributed by atoms with Gasteiger partial charge in [0, 0.05) is 24.8 Å². The van der Waals surface area contributed by atoms with Gasteiger partial charge in [0.2, 0.25) is 5.91 Å². The normalized spacial score (nSPS) is 16.4. The molecule has 1 aromatic rings. The molecule has 1 amide bonds. The highest BCUT2D eigenvalue weighted by Gasteiger charge is 2.28. The van der Waals surface area contributed by atoms with Gasteiger partial charge < -0.3 is 11.1 Å². The number of carbonyl (C=O) groups is 1. The van der Waals surface area contributed by atoms with E-state index in [0.717, 1.165) is 12.6 Å². The number of halogens is 1. The second kappa shape index (κ2) is 5.75. The Labute approximate surface area is 118 Å². The van der Waals surface area contributed by atoms with E-state index >= 15 is 0 Å². The lowest BCUT2D eigenvalue weighted by Gasteiger charge is -2.25. The van der Waals surface area contributed by atoms with Crippen molar-refractivity contribution in [2.75, 3.05) is 18.9 Å². The fourth-order valence-electron chi connectivity index (χ4n) is 1.93. The minimum absolute atomic E-state index is 0.318. The molecule has 0 spiro atoms. The lowest BCUT2D eigenvalue weighted by Crippen LogP contribution is -2.36. The zero-order valence-electron chi connectivity index (χ0n) is 11.2. The average Bonchev–Trinajstić information content (AvgIpc) is 3.20. The Morgan fingerprint density at radius 3 is 2.89 bits per heavy atom. The van der Waals surface area contributed by atoms with Crippen LogP contribution in [-0.2, 0) is 0 Å². The standard InChI is InChI=1S/C13H19ClN4O/c1-8(18(2)10-3-4-10)6-16-13-11(14)5-9(7-17-13)12(15)19/h5,7-8,10H,3-4,6H2,1-2H3,(H2,15,19)(H,16,17). The largest absolute Gasteiger partial charge is 0.367 e. The van der Waals surface area contributed by atoms with E-state index in [1.165, 1.54) is 25.1 Å². The molecule has 104 valence electrons. The topological polar surface area (TPSA) is 71.2 Å². The Balaban J connectivity index is 1.93. The van der Waals surface area contributed by atoms with Crippen LogP contribution in [0.2, 0.25) is 5.02 Å². The van der Waals surface area contributed by atoms with Crippen LogP contribution < -0.4 is 11.1 Å². The van der Waals surface area contributed by atoms with Crippen molar-refractivity contribution in [3.63, 3.8) is 0 Å². The highest BCUT2D eigenvalue weighted by Crippen LogP contribution is 2.27. The van der Waals surface area contributed by atoms with Gasteiger partial charge in [-0.15, -0.1) is 0 Å². The molecule has 0 aliphatic heterocycles. The van der Waals surface area contributed by atoms with Gasteiger partial charge in [-0.05, 0) is 32.9 Å². The Morgan fingerprint density at radius 2 is 2.37 bits per heavy atom. The van der Waals surface area contributed by atoms with E-state index in [2.05, 4.69) is 29.2 Å². The minimum Gasteiger partial charge on any atom is -0.367 e. The first-order valence-electron chi connectivity index (χ1n) is 6.40. The van der Waals surface area contributed by atoms with Crippen LogP contribution in [0.1, 0.15) is 30.1 Å². The fourth-order valence-corrected chi connectivity index (χ4v) is 2.17. The Kier molecular flexibility index (Phi) is 4.27. The monoisotopic (exact) mass is 282 g/mol. The molecule has 1 fully saturated rings. The number of likely N-dealkylation sites (N-methyl/N-ethyl adjacent to an activating group) is 1. The number of anilines is 1. The third kappa shape index (κ3) is 3.58. The van der Waals surface area contributed by atoms with Crippen LogP contribution in [-0.4, -0.2) is 41.5 Å². The Hall–Kier alpha value is -1.33. The first kappa shape index (κ1) is 14.1. The molecule has 19 heavy (non-hydrogen) atoms. The van der Waals surface area contributed by atoms with Crippen molar-refractivity contribution >= 4 is 23.3 Å². The summed E-state index contributed by atoms with van der Waals surface area (Å²) in [4.78, 5) is 17.5. The van der Waals surface area contributed by atoms with Crippen LogP contribution in [0.25, 0.3) is 0 Å². The predicted molar refractivity (Wildman–Crippen MR) is 76.5 cm³/mol. The van der Waals surface area contributed by atoms with E-state index in [9.17, 15) is 4.79 Å². The van der Waals surface area contributed by atoms with Gasteiger partial charge in [0.15, 0.2) is 0 Å². The van der Waals surface area contributed by atoms with Crippen LogP contribution in [0.15, 0.2) is 12.3 Å². The third-order valence-electron chi connectivity index (χ3n) is 3.51. The molecule has 1 aliphatic carbocycles. The first-order valence-corrected chi connectivity index (χ1v) is 6.78. The van der Waals surface area contributed by atoms with Crippen LogP contribution >= 0.6 is 11.6 Å². The van der Waals surface area contributed by atoms with Gasteiger partial charge in [-0.3, -0.25) is 9.69 Å². The van der Waals surface area contributed by atoms with Crippen molar-refractivity contribution in [1.82, 2.24) is 9.88 Å². The number of pyridine rings is 1. The summed E-state index contributed by atoms with van der Waals surface area (Å²) >= 11 is 6.07. The van der Waals surface area contributed by atoms with Crippen molar-refractivity contribution < 1.29 is 4.79 Å². The van der Waals surface area contributed by atoms with Crippen LogP contribution in [0.4, 0.5) is 5.82 Å². The zero-order valence-corrected chi connectivity index (χ0v) is 11.9. The van der Waals surface area contributed by atoms with Crippen molar-refractivity contribution in [3.05, 3.63) is 22.8 Å². The first-order chi connectivity index (χ1) is 8.99. The molecule has 0 aromatic carbocycles. The fraction of sp³-hybridized carbons (Fsp3) is 0.538. The molecule has 2 rings (SSSR count). The minimum atomic E-state index is -0.525. The molecule has 0 saturated heterocycles. The van der Waals surface area contributed by atoms with Crippen molar-refractivity contribution in [2.45, 2.75) is 31.8 Å². The maximum Gasteiger partial charge on any atom is 0.250 e. The molecule has 1 saturated carbocycles. The third-order valence-corrected chi connectivity index (χ3v) is 3.80. The van der Waals surface area contributed by atoms with Gasteiger partial charge in [0.25, 0.3) is 0 Å².